The molecule has 0 saturated heterocycles. The van der Waals surface area contributed by atoms with Crippen LogP contribution in [-0.4, -0.2) is 70.3 Å². The molecular formula is C25H32FN7O5S. The largest absolute Gasteiger partial charge is 0.396 e. The first-order valence-electron chi connectivity index (χ1n) is 12.5. The number of halogens is 1. The number of anilines is 3. The third-order valence-corrected chi connectivity index (χ3v) is 8.44. The lowest BCUT2D eigenvalue weighted by Crippen LogP contribution is -2.40. The minimum absolute atomic E-state index is 0.00682. The summed E-state index contributed by atoms with van der Waals surface area (Å²) >= 11 is 0. The van der Waals surface area contributed by atoms with Crippen LogP contribution in [0.4, 0.5) is 21.7 Å². The quantitative estimate of drug-likeness (QED) is 0.181. The SMILES string of the molecule is CC1(C)c2[nH]nc(NC(=O)c3cccnc3NCCCO)c2CN1S(=O)(=O)c1cc(F)cc(NCCCO)c1. The molecule has 12 nitrogen and oxygen atoms in total. The summed E-state index contributed by atoms with van der Waals surface area (Å²) in [5.74, 6) is -0.689. The second-order valence-corrected chi connectivity index (χ2v) is 11.4. The molecule has 210 valence electrons. The van der Waals surface area contributed by atoms with Gasteiger partial charge in [-0.3, -0.25) is 9.89 Å². The molecule has 0 radical (unpaired) electrons. The van der Waals surface area contributed by atoms with Crippen molar-refractivity contribution in [2.75, 3.05) is 42.3 Å². The smallest absolute Gasteiger partial charge is 0.260 e. The summed E-state index contributed by atoms with van der Waals surface area (Å²) in [7, 11) is -4.17. The van der Waals surface area contributed by atoms with Crippen LogP contribution in [0.2, 0.25) is 0 Å². The number of amides is 1. The Hall–Kier alpha value is -3.59. The van der Waals surface area contributed by atoms with Crippen molar-refractivity contribution in [2.24, 2.45) is 0 Å². The molecule has 2 aromatic heterocycles. The van der Waals surface area contributed by atoms with Crippen LogP contribution in [0.15, 0.2) is 41.4 Å². The topological polar surface area (TPSA) is 173 Å². The number of carbonyl (C=O) groups excluding carboxylic acids is 1. The van der Waals surface area contributed by atoms with Crippen LogP contribution >= 0.6 is 0 Å². The molecule has 0 spiro atoms. The van der Waals surface area contributed by atoms with Gasteiger partial charge in [-0.1, -0.05) is 0 Å². The number of hydrogen-bond donors (Lipinski definition) is 6. The number of benzene rings is 1. The monoisotopic (exact) mass is 561 g/mol. The highest BCUT2D eigenvalue weighted by Gasteiger charge is 2.48. The Kier molecular flexibility index (Phi) is 8.49. The van der Waals surface area contributed by atoms with Crippen molar-refractivity contribution in [1.29, 1.82) is 0 Å². The van der Waals surface area contributed by atoms with E-state index in [9.17, 15) is 17.6 Å². The first-order valence-corrected chi connectivity index (χ1v) is 13.9. The van der Waals surface area contributed by atoms with E-state index in [1.165, 1.54) is 22.6 Å². The van der Waals surface area contributed by atoms with Gasteiger partial charge in [0.15, 0.2) is 5.82 Å². The molecule has 14 heteroatoms. The van der Waals surface area contributed by atoms with Crippen molar-refractivity contribution in [3.63, 3.8) is 0 Å². The molecule has 1 aromatic carbocycles. The molecule has 3 aromatic rings. The Morgan fingerprint density at radius 2 is 1.85 bits per heavy atom. The molecule has 6 N–H and O–H groups in total. The lowest BCUT2D eigenvalue weighted by Gasteiger charge is -2.31. The highest BCUT2D eigenvalue weighted by atomic mass is 32.2. The number of H-pyrrole nitrogens is 1. The van der Waals surface area contributed by atoms with Crippen LogP contribution in [0.25, 0.3) is 0 Å². The van der Waals surface area contributed by atoms with Gasteiger partial charge in [-0.2, -0.15) is 9.40 Å². The molecule has 0 saturated carbocycles. The summed E-state index contributed by atoms with van der Waals surface area (Å²) in [5, 5.41) is 33.8. The maximum Gasteiger partial charge on any atom is 0.260 e. The van der Waals surface area contributed by atoms with Gasteiger partial charge in [0.1, 0.15) is 11.6 Å². The average Bonchev–Trinajstić information content (AvgIpc) is 3.42. The van der Waals surface area contributed by atoms with Crippen molar-refractivity contribution >= 4 is 33.3 Å². The maximum absolute atomic E-state index is 14.4. The summed E-state index contributed by atoms with van der Waals surface area (Å²) in [6.45, 7) is 4.01. The highest BCUT2D eigenvalue weighted by molar-refractivity contribution is 7.89. The normalized spacial score (nSPS) is 14.7. The van der Waals surface area contributed by atoms with E-state index < -0.39 is 27.3 Å². The van der Waals surface area contributed by atoms with E-state index >= 15 is 0 Å². The summed E-state index contributed by atoms with van der Waals surface area (Å²) in [6.07, 6.45) is 2.44. The molecule has 0 aliphatic carbocycles. The molecule has 39 heavy (non-hydrogen) atoms. The fraction of sp³-hybridized carbons (Fsp3) is 0.400. The number of nitrogens with one attached hydrogen (secondary N) is 4. The molecule has 0 unspecified atom stereocenters. The van der Waals surface area contributed by atoms with Crippen molar-refractivity contribution in [3.8, 4) is 0 Å². The van der Waals surface area contributed by atoms with Gasteiger partial charge in [0, 0.05) is 50.3 Å². The molecule has 4 rings (SSSR count). The number of pyridine rings is 1. The van der Waals surface area contributed by atoms with E-state index in [-0.39, 0.29) is 41.7 Å². The second-order valence-electron chi connectivity index (χ2n) is 9.53. The number of hydrogen-bond acceptors (Lipinski definition) is 9. The molecule has 0 atom stereocenters. The highest BCUT2D eigenvalue weighted by Crippen LogP contribution is 2.44. The third kappa shape index (κ3) is 5.88. The molecule has 1 aliphatic rings. The third-order valence-electron chi connectivity index (χ3n) is 6.44. The Bertz CT molecular complexity index is 1440. The molecule has 1 amide bonds. The van der Waals surface area contributed by atoms with Gasteiger partial charge < -0.3 is 26.2 Å². The van der Waals surface area contributed by atoms with E-state index in [0.29, 0.717) is 43.0 Å². The van der Waals surface area contributed by atoms with Crippen LogP contribution in [0.1, 0.15) is 48.3 Å². The van der Waals surface area contributed by atoms with Gasteiger partial charge in [-0.05, 0) is 57.0 Å². The first-order chi connectivity index (χ1) is 18.6. The Morgan fingerprint density at radius 3 is 2.56 bits per heavy atom. The zero-order valence-electron chi connectivity index (χ0n) is 21.7. The number of sulfonamides is 1. The van der Waals surface area contributed by atoms with Crippen LogP contribution < -0.4 is 16.0 Å². The number of aromatic nitrogens is 3. The zero-order valence-corrected chi connectivity index (χ0v) is 22.5. The summed E-state index contributed by atoms with van der Waals surface area (Å²) in [4.78, 5) is 17.1. The first kappa shape index (κ1) is 28.4. The lowest BCUT2D eigenvalue weighted by atomic mass is 10.0. The van der Waals surface area contributed by atoms with Crippen molar-refractivity contribution in [2.45, 2.75) is 43.7 Å². The Balaban J connectivity index is 1.58. The van der Waals surface area contributed by atoms with E-state index in [2.05, 4.69) is 31.1 Å². The standard InChI is InChI=1S/C25H32FN7O5S/c1-25(2)21-20(15-33(25)39(37,38)18-13-16(26)12-17(14-18)27-8-4-10-34)23(32-31-21)30-24(36)19-6-3-7-28-22(19)29-9-5-11-35/h3,6-7,12-14,27,34-35H,4-5,8-11,15H2,1-2H3,(H,28,29)(H2,30,31,32,36). The number of carbonyl (C=O) groups is 1. The van der Waals surface area contributed by atoms with Crippen LogP contribution in [0.5, 0.6) is 0 Å². The number of fused-ring (bicyclic) bond motifs is 1. The molecule has 1 aliphatic heterocycles. The molecular weight excluding hydrogens is 529 g/mol. The zero-order chi connectivity index (χ0) is 28.2. The van der Waals surface area contributed by atoms with Gasteiger partial charge in [-0.15, -0.1) is 0 Å². The fourth-order valence-electron chi connectivity index (χ4n) is 4.42. The van der Waals surface area contributed by atoms with Crippen LogP contribution in [-0.2, 0) is 22.1 Å². The van der Waals surface area contributed by atoms with E-state index in [4.69, 9.17) is 10.2 Å². The minimum atomic E-state index is -4.17. The van der Waals surface area contributed by atoms with Crippen molar-refractivity contribution in [1.82, 2.24) is 19.5 Å². The van der Waals surface area contributed by atoms with Crippen molar-refractivity contribution < 1.29 is 27.8 Å². The second kappa shape index (κ2) is 11.7. The summed E-state index contributed by atoms with van der Waals surface area (Å²) < 4.78 is 43.0. The van der Waals surface area contributed by atoms with Gasteiger partial charge in [-0.25, -0.2) is 17.8 Å². The van der Waals surface area contributed by atoms with Gasteiger partial charge in [0.25, 0.3) is 5.91 Å². The molecule has 0 fully saturated rings. The van der Waals surface area contributed by atoms with Gasteiger partial charge in [0.2, 0.25) is 10.0 Å². The Morgan fingerprint density at radius 1 is 1.13 bits per heavy atom. The number of aromatic amines is 1. The average molecular weight is 562 g/mol. The predicted molar refractivity (Wildman–Crippen MR) is 143 cm³/mol. The summed E-state index contributed by atoms with van der Waals surface area (Å²) in [5.41, 5.74) is 0.466. The van der Waals surface area contributed by atoms with Gasteiger partial charge in [0.05, 0.1) is 21.7 Å². The van der Waals surface area contributed by atoms with Crippen molar-refractivity contribution in [3.05, 3.63) is 59.2 Å². The number of nitrogens with zero attached hydrogens (tertiary/aromatic N) is 3. The van der Waals surface area contributed by atoms with Crippen LogP contribution in [0, 0.1) is 5.82 Å². The fourth-order valence-corrected chi connectivity index (χ4v) is 6.21. The van der Waals surface area contributed by atoms with E-state index in [1.807, 2.05) is 0 Å². The summed E-state index contributed by atoms with van der Waals surface area (Å²) in [6, 6.07) is 6.71. The predicted octanol–water partition coefficient (Wildman–Crippen LogP) is 2.22. The van der Waals surface area contributed by atoms with E-state index in [0.717, 1.165) is 6.07 Å². The van der Waals surface area contributed by atoms with Crippen LogP contribution in [0.3, 0.4) is 0 Å². The molecule has 3 heterocycles. The number of aliphatic hydroxyl groups is 2. The number of rotatable bonds is 12. The molecule has 0 bridgehead atoms. The Labute approximate surface area is 225 Å². The number of aliphatic hydroxyl groups excluding tert-OH is 2. The van der Waals surface area contributed by atoms with E-state index in [1.54, 1.807) is 26.0 Å². The lowest BCUT2D eigenvalue weighted by molar-refractivity contribution is 0.102. The minimum Gasteiger partial charge on any atom is -0.396 e. The maximum atomic E-state index is 14.4. The van der Waals surface area contributed by atoms with Gasteiger partial charge >= 0.3 is 0 Å².